The molecule has 6 nitrogen and oxygen atoms in total. The minimum atomic E-state index is -4.16. The molecule has 2 aromatic carbocycles. The number of nitrogens with zero attached hydrogens (tertiary/aromatic N) is 2. The molecule has 1 fully saturated rings. The number of carbonyl (C=O) groups excluding carboxylic acids is 1. The minimum Gasteiger partial charge on any atom is -0.349 e. The van der Waals surface area contributed by atoms with Crippen LogP contribution in [0.5, 0.6) is 0 Å². The number of hydrogen-bond acceptors (Lipinski definition) is 5. The molecule has 1 saturated heterocycles. The Hall–Kier alpha value is -2.43. The van der Waals surface area contributed by atoms with Gasteiger partial charge in [-0.2, -0.15) is 4.31 Å². The molecule has 0 bridgehead atoms. The molecule has 10 heteroatoms. The molecule has 1 N–H and O–H groups in total. The monoisotopic (exact) mass is 451 g/mol. The minimum absolute atomic E-state index is 0.0670. The Balaban J connectivity index is 1.35. The molecule has 4 rings (SSSR count). The first-order valence-corrected chi connectivity index (χ1v) is 11.7. The number of sulfonamides is 1. The van der Waals surface area contributed by atoms with Gasteiger partial charge in [-0.1, -0.05) is 12.1 Å². The van der Waals surface area contributed by atoms with Crippen molar-refractivity contribution in [3.05, 3.63) is 59.1 Å². The molecule has 158 valence electrons. The van der Waals surface area contributed by atoms with E-state index in [1.54, 1.807) is 0 Å². The number of piperidine rings is 1. The molecule has 0 aliphatic carbocycles. The van der Waals surface area contributed by atoms with Crippen LogP contribution in [-0.2, 0) is 21.4 Å². The number of nitrogens with one attached hydrogen (secondary N) is 1. The van der Waals surface area contributed by atoms with Gasteiger partial charge in [-0.15, -0.1) is 11.3 Å². The Labute approximate surface area is 176 Å². The van der Waals surface area contributed by atoms with E-state index in [1.807, 2.05) is 24.3 Å². The van der Waals surface area contributed by atoms with Gasteiger partial charge in [0, 0.05) is 19.0 Å². The predicted octanol–water partition coefficient (Wildman–Crippen LogP) is 3.29. The fraction of sp³-hybridized carbons (Fsp3) is 0.300. The highest BCUT2D eigenvalue weighted by Gasteiger charge is 2.33. The van der Waals surface area contributed by atoms with E-state index in [0.717, 1.165) is 31.7 Å². The number of para-hydroxylation sites is 1. The molecule has 3 aromatic rings. The number of carbonyl (C=O) groups is 1. The molecular weight excluding hydrogens is 432 g/mol. The molecular formula is C20H19F2N3O3S2. The molecule has 0 unspecified atom stereocenters. The number of benzene rings is 2. The number of amides is 1. The van der Waals surface area contributed by atoms with Crippen LogP contribution in [0.2, 0.25) is 0 Å². The van der Waals surface area contributed by atoms with Gasteiger partial charge in [-0.25, -0.2) is 22.2 Å². The smallest absolute Gasteiger partial charge is 0.246 e. The summed E-state index contributed by atoms with van der Waals surface area (Å²) in [6, 6.07) is 10.1. The summed E-state index contributed by atoms with van der Waals surface area (Å²) < 4.78 is 54.8. The number of halogens is 2. The van der Waals surface area contributed by atoms with Crippen LogP contribution in [0.3, 0.4) is 0 Å². The number of hydrogen-bond donors (Lipinski definition) is 1. The highest BCUT2D eigenvalue weighted by molar-refractivity contribution is 7.89. The lowest BCUT2D eigenvalue weighted by Crippen LogP contribution is -2.43. The van der Waals surface area contributed by atoms with Crippen LogP contribution >= 0.6 is 11.3 Å². The Morgan fingerprint density at radius 1 is 1.17 bits per heavy atom. The van der Waals surface area contributed by atoms with Gasteiger partial charge in [0.1, 0.15) is 21.5 Å². The standard InChI is InChI=1S/C20H19F2N3O3S2/c21-14-5-6-15(22)18(11-14)30(27,28)25-9-7-13(8-10-25)20(26)23-12-19-24-16-3-1-2-4-17(16)29-19/h1-6,11,13H,7-10,12H2,(H,23,26). The maximum atomic E-state index is 13.9. The molecule has 30 heavy (non-hydrogen) atoms. The van der Waals surface area contributed by atoms with Crippen LogP contribution in [-0.4, -0.2) is 36.7 Å². The Bertz CT molecular complexity index is 1160. The van der Waals surface area contributed by atoms with Gasteiger partial charge in [-0.05, 0) is 43.2 Å². The van der Waals surface area contributed by atoms with Crippen molar-refractivity contribution >= 4 is 37.5 Å². The van der Waals surface area contributed by atoms with E-state index < -0.39 is 26.6 Å². The lowest BCUT2D eigenvalue weighted by atomic mass is 9.97. The normalized spacial score (nSPS) is 16.1. The Morgan fingerprint density at radius 2 is 1.90 bits per heavy atom. The van der Waals surface area contributed by atoms with Crippen molar-refractivity contribution in [1.29, 1.82) is 0 Å². The summed E-state index contributed by atoms with van der Waals surface area (Å²) in [5, 5.41) is 3.66. The zero-order chi connectivity index (χ0) is 21.3. The number of thiazole rings is 1. The molecule has 0 atom stereocenters. The molecule has 2 heterocycles. The van der Waals surface area contributed by atoms with Crippen LogP contribution in [0.4, 0.5) is 8.78 Å². The Kier molecular flexibility index (Phi) is 5.81. The zero-order valence-electron chi connectivity index (χ0n) is 15.8. The van der Waals surface area contributed by atoms with E-state index in [1.165, 1.54) is 11.3 Å². The average molecular weight is 452 g/mol. The third-order valence-corrected chi connectivity index (χ3v) is 8.04. The Morgan fingerprint density at radius 3 is 2.63 bits per heavy atom. The third-order valence-electron chi connectivity index (χ3n) is 5.09. The highest BCUT2D eigenvalue weighted by atomic mass is 32.2. The van der Waals surface area contributed by atoms with Crippen molar-refractivity contribution in [2.24, 2.45) is 5.92 Å². The molecule has 0 saturated carbocycles. The van der Waals surface area contributed by atoms with Crippen LogP contribution in [0.15, 0.2) is 47.4 Å². The summed E-state index contributed by atoms with van der Waals surface area (Å²) in [7, 11) is -4.16. The molecule has 0 radical (unpaired) electrons. The largest absolute Gasteiger partial charge is 0.349 e. The first-order chi connectivity index (χ1) is 14.3. The third kappa shape index (κ3) is 4.21. The summed E-state index contributed by atoms with van der Waals surface area (Å²) in [6.07, 6.45) is 0.615. The van der Waals surface area contributed by atoms with Gasteiger partial charge in [0.2, 0.25) is 15.9 Å². The van der Waals surface area contributed by atoms with Crippen molar-refractivity contribution in [1.82, 2.24) is 14.6 Å². The fourth-order valence-corrected chi connectivity index (χ4v) is 5.93. The van der Waals surface area contributed by atoms with Gasteiger partial charge in [0.25, 0.3) is 0 Å². The second-order valence-electron chi connectivity index (χ2n) is 7.05. The van der Waals surface area contributed by atoms with E-state index in [0.29, 0.717) is 25.5 Å². The SMILES string of the molecule is O=C(NCc1nc2ccccc2s1)C1CCN(S(=O)(=O)c2cc(F)ccc2F)CC1. The van der Waals surface area contributed by atoms with Crippen molar-refractivity contribution in [3.63, 3.8) is 0 Å². The van der Waals surface area contributed by atoms with Crippen LogP contribution in [0, 0.1) is 17.6 Å². The van der Waals surface area contributed by atoms with Gasteiger partial charge in [0.15, 0.2) is 0 Å². The summed E-state index contributed by atoms with van der Waals surface area (Å²) in [6.45, 7) is 0.445. The number of aromatic nitrogens is 1. The molecule has 1 amide bonds. The quantitative estimate of drug-likeness (QED) is 0.646. The van der Waals surface area contributed by atoms with Crippen LogP contribution in [0.1, 0.15) is 17.8 Å². The van der Waals surface area contributed by atoms with E-state index in [4.69, 9.17) is 0 Å². The predicted molar refractivity (Wildman–Crippen MR) is 109 cm³/mol. The summed E-state index contributed by atoms with van der Waals surface area (Å²) >= 11 is 1.51. The van der Waals surface area contributed by atoms with Crippen molar-refractivity contribution in [3.8, 4) is 0 Å². The van der Waals surface area contributed by atoms with Crippen molar-refractivity contribution in [2.75, 3.05) is 13.1 Å². The molecule has 1 aliphatic rings. The van der Waals surface area contributed by atoms with Crippen molar-refractivity contribution in [2.45, 2.75) is 24.3 Å². The summed E-state index contributed by atoms with van der Waals surface area (Å²) in [4.78, 5) is 16.3. The van der Waals surface area contributed by atoms with E-state index in [2.05, 4.69) is 10.3 Å². The van der Waals surface area contributed by atoms with Crippen LogP contribution < -0.4 is 5.32 Å². The number of fused-ring (bicyclic) bond motifs is 1. The summed E-state index contributed by atoms with van der Waals surface area (Å²) in [5.74, 6) is -2.32. The van der Waals surface area contributed by atoms with Gasteiger partial charge in [-0.3, -0.25) is 4.79 Å². The fourth-order valence-electron chi connectivity index (χ4n) is 3.47. The molecule has 1 aliphatic heterocycles. The zero-order valence-corrected chi connectivity index (χ0v) is 17.5. The van der Waals surface area contributed by atoms with Gasteiger partial charge >= 0.3 is 0 Å². The topological polar surface area (TPSA) is 79.4 Å². The van der Waals surface area contributed by atoms with Crippen molar-refractivity contribution < 1.29 is 22.0 Å². The lowest BCUT2D eigenvalue weighted by molar-refractivity contribution is -0.126. The second kappa shape index (κ2) is 8.37. The maximum absolute atomic E-state index is 13.9. The van der Waals surface area contributed by atoms with Gasteiger partial charge in [0.05, 0.1) is 16.8 Å². The van der Waals surface area contributed by atoms with E-state index in [9.17, 15) is 22.0 Å². The van der Waals surface area contributed by atoms with Gasteiger partial charge < -0.3 is 5.32 Å². The van der Waals surface area contributed by atoms with E-state index in [-0.39, 0.29) is 24.9 Å². The first kappa shape index (κ1) is 20.8. The molecule has 0 spiro atoms. The lowest BCUT2D eigenvalue weighted by Gasteiger charge is -2.30. The first-order valence-electron chi connectivity index (χ1n) is 9.42. The van der Waals surface area contributed by atoms with Crippen LogP contribution in [0.25, 0.3) is 10.2 Å². The van der Waals surface area contributed by atoms with E-state index >= 15 is 0 Å². The maximum Gasteiger partial charge on any atom is 0.246 e. The molecule has 1 aromatic heterocycles. The summed E-state index contributed by atoms with van der Waals surface area (Å²) in [5.41, 5.74) is 0.884. The number of rotatable bonds is 5. The second-order valence-corrected chi connectivity index (χ2v) is 10.1. The average Bonchev–Trinajstić information content (AvgIpc) is 3.17. The highest BCUT2D eigenvalue weighted by Crippen LogP contribution is 2.26.